The van der Waals surface area contributed by atoms with E-state index in [4.69, 9.17) is 9.47 Å². The van der Waals surface area contributed by atoms with Crippen LogP contribution in [0.2, 0.25) is 0 Å². The third kappa shape index (κ3) is 4.38. The van der Waals surface area contributed by atoms with E-state index in [9.17, 15) is 9.59 Å². The highest BCUT2D eigenvalue weighted by Crippen LogP contribution is 2.44. The normalized spacial score (nSPS) is 20.6. The molecule has 1 saturated carbocycles. The van der Waals surface area contributed by atoms with Gasteiger partial charge in [0.05, 0.1) is 31.0 Å². The van der Waals surface area contributed by atoms with Crippen molar-refractivity contribution < 1.29 is 19.1 Å². The van der Waals surface area contributed by atoms with Gasteiger partial charge in [-0.1, -0.05) is 0 Å². The van der Waals surface area contributed by atoms with Crippen molar-refractivity contribution in [1.82, 2.24) is 14.7 Å². The van der Waals surface area contributed by atoms with Crippen molar-refractivity contribution in [2.45, 2.75) is 84.1 Å². The number of aromatic nitrogens is 2. The maximum absolute atomic E-state index is 12.5. The van der Waals surface area contributed by atoms with E-state index in [1.165, 1.54) is 12.8 Å². The Bertz CT molecular complexity index is 1110. The highest BCUT2D eigenvalue weighted by Gasteiger charge is 2.37. The van der Waals surface area contributed by atoms with Crippen LogP contribution < -0.4 is 9.64 Å². The molecule has 182 valence electrons. The Balaban J connectivity index is 1.44. The molecule has 1 aliphatic carbocycles. The second kappa shape index (κ2) is 8.32. The maximum atomic E-state index is 12.5. The van der Waals surface area contributed by atoms with Gasteiger partial charge in [0.15, 0.2) is 0 Å². The summed E-state index contributed by atoms with van der Waals surface area (Å²) < 4.78 is 14.1. The fraction of sp³-hybridized carbons (Fsp3) is 0.577. The number of carbonyl (C=O) groups is 2. The van der Waals surface area contributed by atoms with E-state index in [-0.39, 0.29) is 24.1 Å². The lowest BCUT2D eigenvalue weighted by Gasteiger charge is -2.41. The zero-order valence-electron chi connectivity index (χ0n) is 20.7. The minimum absolute atomic E-state index is 0.0356. The van der Waals surface area contributed by atoms with Crippen LogP contribution in [0.3, 0.4) is 0 Å². The smallest absolute Gasteiger partial charge is 0.410 e. The van der Waals surface area contributed by atoms with E-state index in [1.807, 2.05) is 48.7 Å². The number of carbonyl (C=O) groups excluding carboxylic acids is 2. The Morgan fingerprint density at radius 2 is 1.85 bits per heavy atom. The van der Waals surface area contributed by atoms with Crippen molar-refractivity contribution in [3.63, 3.8) is 0 Å². The second-order valence-corrected chi connectivity index (χ2v) is 10.8. The molecule has 1 saturated heterocycles. The van der Waals surface area contributed by atoms with Crippen LogP contribution in [0.15, 0.2) is 24.5 Å². The number of nitrogens with zero attached hydrogens (tertiary/aromatic N) is 4. The molecular formula is C26H34N4O4. The minimum Gasteiger partial charge on any atom is -0.486 e. The van der Waals surface area contributed by atoms with Gasteiger partial charge in [0.25, 0.3) is 0 Å². The molecule has 8 nitrogen and oxygen atoms in total. The Labute approximate surface area is 200 Å². The first-order chi connectivity index (χ1) is 16.1. The van der Waals surface area contributed by atoms with E-state index >= 15 is 0 Å². The summed E-state index contributed by atoms with van der Waals surface area (Å²) in [5.41, 5.74) is 3.45. The number of hydrogen-bond donors (Lipinski definition) is 0. The van der Waals surface area contributed by atoms with Crippen molar-refractivity contribution in [2.24, 2.45) is 0 Å². The molecule has 0 N–H and O–H groups in total. The lowest BCUT2D eigenvalue weighted by atomic mass is 9.92. The van der Waals surface area contributed by atoms with Crippen LogP contribution in [0.5, 0.6) is 5.75 Å². The van der Waals surface area contributed by atoms with Crippen LogP contribution >= 0.6 is 0 Å². The van der Waals surface area contributed by atoms with Crippen molar-refractivity contribution in [3.05, 3.63) is 30.1 Å². The van der Waals surface area contributed by atoms with Crippen LogP contribution in [-0.4, -0.2) is 57.5 Å². The van der Waals surface area contributed by atoms with Crippen molar-refractivity contribution in [2.75, 3.05) is 18.0 Å². The Hall–Kier alpha value is -3.03. The number of anilines is 1. The van der Waals surface area contributed by atoms with Crippen LogP contribution in [0, 0.1) is 0 Å². The molecular weight excluding hydrogens is 432 g/mol. The van der Waals surface area contributed by atoms with Gasteiger partial charge in [0.2, 0.25) is 5.91 Å². The molecule has 34 heavy (non-hydrogen) atoms. The van der Waals surface area contributed by atoms with Crippen LogP contribution in [0.1, 0.15) is 65.5 Å². The number of amides is 2. The largest absolute Gasteiger partial charge is 0.486 e. The summed E-state index contributed by atoms with van der Waals surface area (Å²) in [4.78, 5) is 28.4. The molecule has 1 aromatic heterocycles. The van der Waals surface area contributed by atoms with Crippen molar-refractivity contribution in [1.29, 1.82) is 0 Å². The van der Waals surface area contributed by atoms with E-state index in [0.29, 0.717) is 19.1 Å². The summed E-state index contributed by atoms with van der Waals surface area (Å²) in [6.45, 7) is 10.3. The molecule has 1 aromatic carbocycles. The molecule has 3 heterocycles. The summed E-state index contributed by atoms with van der Waals surface area (Å²) in [6.07, 6.45) is 7.60. The number of ether oxygens (including phenoxy) is 2. The molecule has 1 atom stereocenters. The van der Waals surface area contributed by atoms with E-state index in [2.05, 4.69) is 18.2 Å². The van der Waals surface area contributed by atoms with Gasteiger partial charge in [-0.05, 0) is 65.5 Å². The molecule has 0 bridgehead atoms. The molecule has 2 amide bonds. The third-order valence-corrected chi connectivity index (χ3v) is 6.71. The molecule has 3 aliphatic rings. The second-order valence-electron chi connectivity index (χ2n) is 10.8. The van der Waals surface area contributed by atoms with Crippen LogP contribution in [-0.2, 0) is 16.0 Å². The highest BCUT2D eigenvalue weighted by atomic mass is 16.6. The zero-order valence-corrected chi connectivity index (χ0v) is 20.7. The molecule has 8 heteroatoms. The summed E-state index contributed by atoms with van der Waals surface area (Å²) >= 11 is 0. The lowest BCUT2D eigenvalue weighted by Crippen LogP contribution is -2.57. The molecule has 2 aromatic rings. The van der Waals surface area contributed by atoms with E-state index in [0.717, 1.165) is 41.0 Å². The Kier molecular flexibility index (Phi) is 5.57. The zero-order chi connectivity index (χ0) is 24.2. The molecule has 2 aliphatic heterocycles. The van der Waals surface area contributed by atoms with Crippen molar-refractivity contribution in [3.8, 4) is 16.9 Å². The van der Waals surface area contributed by atoms with Gasteiger partial charge in [-0.15, -0.1) is 0 Å². The number of rotatable bonds is 4. The Morgan fingerprint density at radius 1 is 1.12 bits per heavy atom. The maximum Gasteiger partial charge on any atom is 0.410 e. The van der Waals surface area contributed by atoms with Gasteiger partial charge in [-0.25, -0.2) is 4.79 Å². The average molecular weight is 467 g/mol. The molecule has 2 fully saturated rings. The van der Waals surface area contributed by atoms with Gasteiger partial charge < -0.3 is 19.3 Å². The van der Waals surface area contributed by atoms with Gasteiger partial charge in [-0.3, -0.25) is 9.48 Å². The number of likely N-dealkylation sites (tertiary alicyclic amines) is 1. The predicted molar refractivity (Wildman–Crippen MR) is 129 cm³/mol. The minimum atomic E-state index is -0.525. The number of hydrogen-bond acceptors (Lipinski definition) is 5. The quantitative estimate of drug-likeness (QED) is 0.660. The van der Waals surface area contributed by atoms with Crippen molar-refractivity contribution >= 4 is 17.7 Å². The lowest BCUT2D eigenvalue weighted by molar-refractivity contribution is -0.117. The average Bonchev–Trinajstić information content (AvgIpc) is 3.45. The van der Waals surface area contributed by atoms with Crippen LogP contribution in [0.25, 0.3) is 11.1 Å². The molecule has 0 unspecified atom stereocenters. The topological polar surface area (TPSA) is 76.9 Å². The molecule has 0 spiro atoms. The third-order valence-electron chi connectivity index (χ3n) is 6.71. The van der Waals surface area contributed by atoms with Crippen LogP contribution in [0.4, 0.5) is 10.5 Å². The summed E-state index contributed by atoms with van der Waals surface area (Å²) in [6, 6.07) is 4.73. The standard InChI is InChI=1S/C26H34N4O4/c1-16-6-9-22-23(30(16)17(2)31)11-10-21(18-12-27-29(13-18)19-7-8-19)24(22)33-20-14-28(15-20)25(32)34-26(3,4)5/h10-13,16,19-20H,6-9,14-15H2,1-5H3/t16-/m0/s1. The monoisotopic (exact) mass is 466 g/mol. The van der Waals surface area contributed by atoms with Gasteiger partial charge in [0.1, 0.15) is 17.5 Å². The van der Waals surface area contributed by atoms with Gasteiger partial charge >= 0.3 is 6.09 Å². The fourth-order valence-corrected chi connectivity index (χ4v) is 4.82. The molecule has 5 rings (SSSR count). The summed E-state index contributed by atoms with van der Waals surface area (Å²) in [5, 5.41) is 4.57. The number of fused-ring (bicyclic) bond motifs is 1. The van der Waals surface area contributed by atoms with E-state index in [1.54, 1.807) is 11.8 Å². The predicted octanol–water partition coefficient (Wildman–Crippen LogP) is 4.57. The fourth-order valence-electron chi connectivity index (χ4n) is 4.82. The SMILES string of the molecule is CC(=O)N1c2ccc(-c3cnn(C4CC4)c3)c(OC3CN(C(=O)OC(C)(C)C)C3)c2CC[C@@H]1C. The Morgan fingerprint density at radius 3 is 2.50 bits per heavy atom. The van der Waals surface area contributed by atoms with Gasteiger partial charge in [0, 0.05) is 35.9 Å². The highest BCUT2D eigenvalue weighted by molar-refractivity contribution is 5.95. The first kappa shape index (κ1) is 22.7. The molecule has 0 radical (unpaired) electrons. The summed E-state index contributed by atoms with van der Waals surface area (Å²) in [5.74, 6) is 0.841. The summed E-state index contributed by atoms with van der Waals surface area (Å²) in [7, 11) is 0. The first-order valence-electron chi connectivity index (χ1n) is 12.3. The first-order valence-corrected chi connectivity index (χ1v) is 12.3. The van der Waals surface area contributed by atoms with Gasteiger partial charge in [-0.2, -0.15) is 5.10 Å². The number of benzene rings is 1. The van der Waals surface area contributed by atoms with E-state index < -0.39 is 5.60 Å².